The van der Waals surface area contributed by atoms with E-state index in [9.17, 15) is 14.0 Å². The molecule has 11 rings (SSSR count). The Kier molecular flexibility index (Phi) is 10.7. The quantitative estimate of drug-likeness (QED) is 0.168. The first-order chi connectivity index (χ1) is 30.8. The van der Waals surface area contributed by atoms with Gasteiger partial charge in [0.25, 0.3) is 0 Å². The van der Waals surface area contributed by atoms with E-state index in [0.717, 1.165) is 18.5 Å². The lowest BCUT2D eigenvalue weighted by atomic mass is 9.90. The van der Waals surface area contributed by atoms with Crippen LogP contribution in [0, 0.1) is 11.6 Å². The highest BCUT2D eigenvalue weighted by Gasteiger charge is 2.50. The summed E-state index contributed by atoms with van der Waals surface area (Å²) in [5, 5.41) is 3.70. The molecular formula is C47H49F4N7O6. The van der Waals surface area contributed by atoms with Crippen LogP contribution < -0.4 is 19.7 Å². The lowest BCUT2D eigenvalue weighted by Crippen LogP contribution is -2.60. The van der Waals surface area contributed by atoms with Crippen molar-refractivity contribution in [1.82, 2.24) is 30.1 Å². The first-order valence-electron chi connectivity index (χ1n) is 21.9. The van der Waals surface area contributed by atoms with Crippen molar-refractivity contribution in [3.63, 3.8) is 0 Å². The number of benzene rings is 3. The molecule has 5 atom stereocenters. The molecular weight excluding hydrogens is 835 g/mol. The summed E-state index contributed by atoms with van der Waals surface area (Å²) in [5.74, 6) is -1.30. The average molecular weight is 884 g/mol. The van der Waals surface area contributed by atoms with Gasteiger partial charge in [-0.25, -0.2) is 27.2 Å². The molecule has 4 fully saturated rings. The summed E-state index contributed by atoms with van der Waals surface area (Å²) in [4.78, 5) is 46.3. The standard InChI is InChI=1S/C47H49F4N7O6/c1-45-20-30(48)23-57(25-45)41-35-22-52-39(38(51)40(35)53-42(54-41)63-27-46-13-7-15-58(46)24-31(49)21-46)34-19-32(18-28-11-12-36(50)33(37(28)34)10-6-17-62-43(59)55-45)64-44(60)56-16-14-47(26-56,61-2)29-8-4-3-5-9-29/h3-5,8-9,11-12,18-19,22,30-31H,6-7,10,13-17,20-21,23-27H2,1-2H3,(H,55,59)/t30-,31-,45-,46+,47?/m1/s1. The summed E-state index contributed by atoms with van der Waals surface area (Å²) in [5.41, 5.74) is -1.64. The molecule has 5 aromatic rings. The van der Waals surface area contributed by atoms with E-state index in [1.807, 2.05) is 30.3 Å². The van der Waals surface area contributed by atoms with Crippen LogP contribution in [-0.4, -0.2) is 120 Å². The van der Waals surface area contributed by atoms with Gasteiger partial charge in [0, 0.05) is 57.8 Å². The maximum absolute atomic E-state index is 17.7. The van der Waals surface area contributed by atoms with E-state index < -0.39 is 52.8 Å². The molecule has 8 heterocycles. The molecule has 1 unspecified atom stereocenters. The van der Waals surface area contributed by atoms with E-state index in [1.54, 1.807) is 29.9 Å². The topological polar surface area (TPSA) is 131 Å². The third-order valence-electron chi connectivity index (χ3n) is 13.8. The highest BCUT2D eigenvalue weighted by atomic mass is 19.1. The number of carbonyl (C=O) groups is 2. The number of amides is 2. The predicted molar refractivity (Wildman–Crippen MR) is 229 cm³/mol. The number of halogens is 4. The molecule has 17 heteroatoms. The van der Waals surface area contributed by atoms with Gasteiger partial charge in [0.15, 0.2) is 5.82 Å². The van der Waals surface area contributed by atoms with E-state index in [2.05, 4.69) is 20.2 Å². The molecule has 1 N–H and O–H groups in total. The number of carbonyl (C=O) groups excluding carboxylic acids is 2. The fourth-order valence-electron chi connectivity index (χ4n) is 10.8. The molecule has 0 aliphatic carbocycles. The molecule has 0 spiro atoms. The lowest BCUT2D eigenvalue weighted by Gasteiger charge is -2.42. The van der Waals surface area contributed by atoms with Crippen molar-refractivity contribution < 1.29 is 46.1 Å². The monoisotopic (exact) mass is 883 g/mol. The van der Waals surface area contributed by atoms with Gasteiger partial charge in [-0.05, 0) is 79.3 Å². The highest BCUT2D eigenvalue weighted by molar-refractivity contribution is 6.02. The molecule has 0 radical (unpaired) electrons. The van der Waals surface area contributed by atoms with E-state index in [0.29, 0.717) is 36.7 Å². The number of alkyl halides is 2. The van der Waals surface area contributed by atoms with Crippen LogP contribution in [0.1, 0.15) is 56.6 Å². The van der Waals surface area contributed by atoms with Crippen molar-refractivity contribution in [1.29, 1.82) is 0 Å². The minimum absolute atomic E-state index is 0.0298. The van der Waals surface area contributed by atoms with Crippen LogP contribution in [0.4, 0.5) is 33.0 Å². The van der Waals surface area contributed by atoms with Gasteiger partial charge in [0.05, 0.1) is 36.2 Å². The summed E-state index contributed by atoms with van der Waals surface area (Å²) in [6.45, 7) is 3.15. The number of aromatic nitrogens is 3. The minimum Gasteiger partial charge on any atom is -0.461 e. The first kappa shape index (κ1) is 42.2. The molecule has 4 saturated heterocycles. The Labute approximate surface area is 367 Å². The fourth-order valence-corrected chi connectivity index (χ4v) is 10.8. The Morgan fingerprint density at radius 3 is 2.64 bits per heavy atom. The highest BCUT2D eigenvalue weighted by Crippen LogP contribution is 2.43. The SMILES string of the molecule is COC1(c2ccccc2)CCN(C(=O)Oc2cc3c4c(c(F)ccc4c2)CCCOC(=O)N[C@]2(C)C[C@@H](F)CN(C2)c2nc(OC[C@@]45CCCN4C[C@H](F)C5)nc4c(F)c-3ncc24)C1. The number of nitrogens with zero attached hydrogens (tertiary/aromatic N) is 6. The van der Waals surface area contributed by atoms with Crippen LogP contribution in [0.15, 0.2) is 60.8 Å². The molecule has 3 aromatic carbocycles. The Balaban J connectivity index is 1.10. The summed E-state index contributed by atoms with van der Waals surface area (Å²) < 4.78 is 88.2. The van der Waals surface area contributed by atoms with Crippen molar-refractivity contribution >= 4 is 39.7 Å². The van der Waals surface area contributed by atoms with Crippen LogP contribution in [0.25, 0.3) is 32.9 Å². The third kappa shape index (κ3) is 7.59. The Morgan fingerprint density at radius 1 is 0.984 bits per heavy atom. The van der Waals surface area contributed by atoms with Gasteiger partial charge < -0.3 is 34.1 Å². The largest absolute Gasteiger partial charge is 0.461 e. The van der Waals surface area contributed by atoms with Gasteiger partial charge in [-0.1, -0.05) is 36.4 Å². The van der Waals surface area contributed by atoms with Gasteiger partial charge in [0.2, 0.25) is 0 Å². The van der Waals surface area contributed by atoms with Crippen LogP contribution in [0.2, 0.25) is 0 Å². The molecule has 13 nitrogen and oxygen atoms in total. The maximum Gasteiger partial charge on any atom is 0.415 e. The van der Waals surface area contributed by atoms with Crippen molar-refractivity contribution in [2.24, 2.45) is 0 Å². The lowest BCUT2D eigenvalue weighted by molar-refractivity contribution is -0.00452. The number of rotatable bonds is 6. The Hall–Kier alpha value is -5.81. The van der Waals surface area contributed by atoms with Crippen LogP contribution in [0.5, 0.6) is 11.8 Å². The molecule has 336 valence electrons. The maximum atomic E-state index is 17.7. The summed E-state index contributed by atoms with van der Waals surface area (Å²) >= 11 is 0. The number of piperidine rings is 1. The summed E-state index contributed by atoms with van der Waals surface area (Å²) in [6.07, 6.45) is 0.117. The second-order valence-corrected chi connectivity index (χ2v) is 18.2. The van der Waals surface area contributed by atoms with E-state index in [1.165, 1.54) is 24.4 Å². The number of nitrogens with one attached hydrogen (secondary N) is 1. The molecule has 6 bridgehead atoms. The molecule has 2 amide bonds. The molecule has 2 aromatic heterocycles. The zero-order valence-corrected chi connectivity index (χ0v) is 35.7. The van der Waals surface area contributed by atoms with Crippen LogP contribution in [0.3, 0.4) is 0 Å². The number of likely N-dealkylation sites (tertiary alicyclic amines) is 1. The zero-order valence-electron chi connectivity index (χ0n) is 35.7. The predicted octanol–water partition coefficient (Wildman–Crippen LogP) is 7.80. The number of hydrogen-bond acceptors (Lipinski definition) is 11. The smallest absolute Gasteiger partial charge is 0.415 e. The normalized spacial score (nSPS) is 27.2. The van der Waals surface area contributed by atoms with Gasteiger partial charge in [-0.3, -0.25) is 9.88 Å². The molecule has 6 aliphatic heterocycles. The number of aryl methyl sites for hydroxylation is 1. The summed E-state index contributed by atoms with van der Waals surface area (Å²) in [7, 11) is 1.61. The second-order valence-electron chi connectivity index (χ2n) is 18.2. The number of hydrogen-bond donors (Lipinski definition) is 1. The van der Waals surface area contributed by atoms with Crippen LogP contribution in [-0.2, 0) is 21.5 Å². The van der Waals surface area contributed by atoms with Crippen LogP contribution >= 0.6 is 0 Å². The Morgan fingerprint density at radius 2 is 1.81 bits per heavy atom. The number of anilines is 1. The minimum atomic E-state index is -1.43. The van der Waals surface area contributed by atoms with Crippen molar-refractivity contribution in [2.45, 2.75) is 80.9 Å². The number of pyridine rings is 1. The Bertz CT molecular complexity index is 2650. The number of fused-ring (bicyclic) bond motifs is 7. The number of ether oxygens (including phenoxy) is 4. The molecule has 6 aliphatic rings. The van der Waals surface area contributed by atoms with Crippen molar-refractivity contribution in [3.8, 4) is 23.0 Å². The van der Waals surface area contributed by atoms with Crippen molar-refractivity contribution in [2.75, 3.05) is 64.5 Å². The second kappa shape index (κ2) is 16.3. The van der Waals surface area contributed by atoms with Gasteiger partial charge in [-0.15, -0.1) is 0 Å². The van der Waals surface area contributed by atoms with E-state index in [-0.39, 0.29) is 104 Å². The zero-order chi connectivity index (χ0) is 44.4. The third-order valence-corrected chi connectivity index (χ3v) is 13.8. The fraction of sp³-hybridized carbons (Fsp3) is 0.468. The first-order valence-corrected chi connectivity index (χ1v) is 21.9. The molecule has 64 heavy (non-hydrogen) atoms. The average Bonchev–Trinajstić information content (AvgIpc) is 3.97. The van der Waals surface area contributed by atoms with Gasteiger partial charge in [-0.2, -0.15) is 9.97 Å². The summed E-state index contributed by atoms with van der Waals surface area (Å²) in [6, 6.07) is 15.3. The van der Waals surface area contributed by atoms with Gasteiger partial charge in [0.1, 0.15) is 53.1 Å². The number of alkyl carbamates (subject to hydrolysis) is 1. The van der Waals surface area contributed by atoms with E-state index >= 15 is 13.2 Å². The number of methoxy groups -OCH3 is 1. The van der Waals surface area contributed by atoms with Crippen molar-refractivity contribution in [3.05, 3.63) is 83.6 Å². The van der Waals surface area contributed by atoms with Gasteiger partial charge >= 0.3 is 18.2 Å². The molecule has 0 saturated carbocycles. The van der Waals surface area contributed by atoms with E-state index in [4.69, 9.17) is 23.9 Å².